The summed E-state index contributed by atoms with van der Waals surface area (Å²) in [5, 5.41) is 2.78. The highest BCUT2D eigenvalue weighted by Crippen LogP contribution is 2.37. The zero-order valence-corrected chi connectivity index (χ0v) is 34.8. The van der Waals surface area contributed by atoms with Crippen LogP contribution in [0.2, 0.25) is 18.1 Å². The Balaban J connectivity index is 2.09. The molecule has 2 aromatic rings. The molecule has 7 nitrogen and oxygen atoms in total. The minimum atomic E-state index is -2.03. The predicted octanol–water partition coefficient (Wildman–Crippen LogP) is 11.6. The van der Waals surface area contributed by atoms with Gasteiger partial charge in [0.25, 0.3) is 0 Å². The minimum absolute atomic E-state index is 0.0546. The molecule has 52 heavy (non-hydrogen) atoms. The van der Waals surface area contributed by atoms with Crippen molar-refractivity contribution in [2.45, 2.75) is 156 Å². The van der Waals surface area contributed by atoms with Crippen LogP contribution in [0.15, 0.2) is 72.8 Å². The summed E-state index contributed by atoms with van der Waals surface area (Å²) >= 11 is 0. The molecule has 2 rings (SSSR count). The quantitative estimate of drug-likeness (QED) is 0.0448. The SMILES string of the molecule is CCCCCCCCCCCC/C=C\[C@H](C)[C@@H](OC(=O)[C@H](COCc1ccccc1)NC(=O)OCc1ccccc1)[C@@H](C)CO[Si](C)(C)C(C)(C)C. The van der Waals surface area contributed by atoms with Crippen molar-refractivity contribution in [2.75, 3.05) is 13.2 Å². The van der Waals surface area contributed by atoms with E-state index in [0.717, 1.165) is 24.0 Å². The third-order valence-corrected chi connectivity index (χ3v) is 14.7. The standard InChI is InChI=1S/C44H71NO6Si/c1-9-10-11-12-13-14-15-16-17-18-19-22-27-36(2)41(37(3)32-50-52(7,8)44(4,5)6)51-42(46)40(35-48-33-38-28-23-20-24-29-38)45-43(47)49-34-39-30-25-21-26-31-39/h20-31,36-37,40-41H,9-19,32-35H2,1-8H3,(H,45,47)/b27-22-/t36-,37-,40-,41+/m0/s1. The van der Waals surface area contributed by atoms with Crippen molar-refractivity contribution in [3.8, 4) is 0 Å². The molecular formula is C44H71NO6Si. The third kappa shape index (κ3) is 18.7. The molecule has 8 heteroatoms. The Bertz CT molecular complexity index is 1260. The van der Waals surface area contributed by atoms with Crippen LogP contribution in [0.1, 0.15) is 123 Å². The molecule has 1 amide bonds. The first-order valence-corrected chi connectivity index (χ1v) is 22.8. The van der Waals surface area contributed by atoms with Gasteiger partial charge in [0.2, 0.25) is 0 Å². The maximum absolute atomic E-state index is 13.9. The van der Waals surface area contributed by atoms with Gasteiger partial charge in [0.05, 0.1) is 13.2 Å². The minimum Gasteiger partial charge on any atom is -0.460 e. The van der Waals surface area contributed by atoms with Crippen LogP contribution in [0.3, 0.4) is 0 Å². The number of unbranched alkanes of at least 4 members (excludes halogenated alkanes) is 10. The number of alkyl carbamates (subject to hydrolysis) is 1. The Morgan fingerprint density at radius 1 is 0.769 bits per heavy atom. The molecule has 0 saturated heterocycles. The van der Waals surface area contributed by atoms with Gasteiger partial charge in [0, 0.05) is 18.4 Å². The molecule has 0 aliphatic heterocycles. The Morgan fingerprint density at radius 3 is 1.87 bits per heavy atom. The molecule has 0 saturated carbocycles. The molecule has 0 aromatic heterocycles. The number of amides is 1. The van der Waals surface area contributed by atoms with E-state index in [1.807, 2.05) is 60.7 Å². The van der Waals surface area contributed by atoms with Crippen LogP contribution in [0, 0.1) is 11.8 Å². The lowest BCUT2D eigenvalue weighted by Crippen LogP contribution is -2.48. The number of carbonyl (C=O) groups excluding carboxylic acids is 2. The fraction of sp³-hybridized carbons (Fsp3) is 0.636. The van der Waals surface area contributed by atoms with E-state index < -0.39 is 32.5 Å². The van der Waals surface area contributed by atoms with E-state index >= 15 is 0 Å². The molecule has 0 aliphatic carbocycles. The van der Waals surface area contributed by atoms with Gasteiger partial charge in [-0.1, -0.05) is 172 Å². The molecule has 0 heterocycles. The smallest absolute Gasteiger partial charge is 0.408 e. The fourth-order valence-corrected chi connectivity index (χ4v) is 6.84. The maximum Gasteiger partial charge on any atom is 0.408 e. The summed E-state index contributed by atoms with van der Waals surface area (Å²) in [5.41, 5.74) is 1.82. The molecule has 0 spiro atoms. The van der Waals surface area contributed by atoms with Gasteiger partial charge in [-0.3, -0.25) is 0 Å². The number of hydrogen-bond acceptors (Lipinski definition) is 6. The average Bonchev–Trinajstić information content (AvgIpc) is 3.12. The highest BCUT2D eigenvalue weighted by Gasteiger charge is 2.39. The second kappa shape index (κ2) is 25.1. The zero-order valence-electron chi connectivity index (χ0n) is 33.8. The van der Waals surface area contributed by atoms with Gasteiger partial charge in [0.1, 0.15) is 12.7 Å². The second-order valence-corrected chi connectivity index (χ2v) is 20.8. The van der Waals surface area contributed by atoms with Crippen molar-refractivity contribution in [1.82, 2.24) is 5.32 Å². The van der Waals surface area contributed by atoms with Crippen LogP contribution in [-0.2, 0) is 36.6 Å². The molecule has 4 atom stereocenters. The van der Waals surface area contributed by atoms with Crippen LogP contribution >= 0.6 is 0 Å². The maximum atomic E-state index is 13.9. The predicted molar refractivity (Wildman–Crippen MR) is 217 cm³/mol. The zero-order chi connectivity index (χ0) is 38.2. The van der Waals surface area contributed by atoms with Crippen molar-refractivity contribution in [2.24, 2.45) is 11.8 Å². The lowest BCUT2D eigenvalue weighted by Gasteiger charge is -2.38. The Hall–Kier alpha value is -2.94. The van der Waals surface area contributed by atoms with E-state index in [0.29, 0.717) is 13.2 Å². The number of hydrogen-bond donors (Lipinski definition) is 1. The van der Waals surface area contributed by atoms with Gasteiger partial charge >= 0.3 is 12.1 Å². The van der Waals surface area contributed by atoms with Crippen molar-refractivity contribution >= 4 is 20.4 Å². The van der Waals surface area contributed by atoms with Crippen LogP contribution in [0.5, 0.6) is 0 Å². The summed E-state index contributed by atoms with van der Waals surface area (Å²) in [4.78, 5) is 26.9. The molecule has 2 aromatic carbocycles. The summed E-state index contributed by atoms with van der Waals surface area (Å²) < 4.78 is 24.3. The lowest BCUT2D eigenvalue weighted by molar-refractivity contribution is -0.158. The van der Waals surface area contributed by atoms with Gasteiger partial charge in [-0.25, -0.2) is 9.59 Å². The van der Waals surface area contributed by atoms with Crippen molar-refractivity contribution in [3.05, 3.63) is 83.9 Å². The summed E-state index contributed by atoms with van der Waals surface area (Å²) in [6, 6.07) is 18.1. The van der Waals surface area contributed by atoms with E-state index in [4.69, 9.17) is 18.6 Å². The van der Waals surface area contributed by atoms with Crippen LogP contribution in [0.25, 0.3) is 0 Å². The number of rotatable bonds is 26. The van der Waals surface area contributed by atoms with Crippen LogP contribution < -0.4 is 5.32 Å². The van der Waals surface area contributed by atoms with Crippen molar-refractivity contribution < 1.29 is 28.2 Å². The summed E-state index contributed by atoms with van der Waals surface area (Å²) in [6.45, 7) is 18.4. The van der Waals surface area contributed by atoms with Crippen molar-refractivity contribution in [3.63, 3.8) is 0 Å². The first kappa shape index (κ1) is 45.2. The second-order valence-electron chi connectivity index (χ2n) is 16.0. The third-order valence-electron chi connectivity index (χ3n) is 10.2. The number of allylic oxidation sites excluding steroid dienone is 1. The number of benzene rings is 2. The summed E-state index contributed by atoms with van der Waals surface area (Å²) in [7, 11) is -2.03. The number of ether oxygens (including phenoxy) is 3. The highest BCUT2D eigenvalue weighted by molar-refractivity contribution is 6.74. The first-order chi connectivity index (χ1) is 24.8. The molecule has 0 bridgehead atoms. The Kier molecular flexibility index (Phi) is 21.9. The molecule has 0 radical (unpaired) electrons. The summed E-state index contributed by atoms with van der Waals surface area (Å²) in [6.07, 6.45) is 17.4. The fourth-order valence-electron chi connectivity index (χ4n) is 5.72. The van der Waals surface area contributed by atoms with E-state index in [9.17, 15) is 9.59 Å². The van der Waals surface area contributed by atoms with Gasteiger partial charge in [0.15, 0.2) is 14.4 Å². The monoisotopic (exact) mass is 738 g/mol. The van der Waals surface area contributed by atoms with Gasteiger partial charge in [-0.05, 0) is 42.1 Å². The van der Waals surface area contributed by atoms with E-state index in [-0.39, 0.29) is 30.1 Å². The number of nitrogens with one attached hydrogen (secondary N) is 1. The van der Waals surface area contributed by atoms with E-state index in [1.54, 1.807) is 0 Å². The molecular weight excluding hydrogens is 667 g/mol. The number of carbonyl (C=O) groups is 2. The number of esters is 1. The molecule has 0 unspecified atom stereocenters. The van der Waals surface area contributed by atoms with Crippen LogP contribution in [-0.4, -0.2) is 45.7 Å². The van der Waals surface area contributed by atoms with E-state index in [1.165, 1.54) is 57.8 Å². The Morgan fingerprint density at radius 2 is 1.31 bits per heavy atom. The molecule has 292 valence electrons. The van der Waals surface area contributed by atoms with Crippen LogP contribution in [0.4, 0.5) is 4.79 Å². The van der Waals surface area contributed by atoms with Gasteiger partial charge in [-0.15, -0.1) is 0 Å². The normalized spacial score (nSPS) is 14.5. The Labute approximate surface area is 317 Å². The summed E-state index contributed by atoms with van der Waals surface area (Å²) in [5.74, 6) is -0.684. The topological polar surface area (TPSA) is 83.1 Å². The first-order valence-electron chi connectivity index (χ1n) is 19.9. The van der Waals surface area contributed by atoms with Gasteiger partial charge in [-0.2, -0.15) is 0 Å². The van der Waals surface area contributed by atoms with E-state index in [2.05, 4.69) is 72.1 Å². The van der Waals surface area contributed by atoms with Crippen molar-refractivity contribution in [1.29, 1.82) is 0 Å². The van der Waals surface area contributed by atoms with Gasteiger partial charge < -0.3 is 24.0 Å². The molecule has 0 aliphatic rings. The highest BCUT2D eigenvalue weighted by atomic mass is 28.4. The molecule has 0 fully saturated rings. The average molecular weight is 738 g/mol. The lowest BCUT2D eigenvalue weighted by atomic mass is 9.93. The molecule has 1 N–H and O–H groups in total. The largest absolute Gasteiger partial charge is 0.460 e.